The molecule has 4 nitrogen and oxygen atoms in total. The number of aryl methyl sites for hydroxylation is 1. The second kappa shape index (κ2) is 4.49. The molecule has 0 fully saturated rings. The second-order valence-electron chi connectivity index (χ2n) is 3.86. The van der Waals surface area contributed by atoms with E-state index in [0.717, 1.165) is 27.8 Å². The average molecular weight is 234 g/mol. The van der Waals surface area contributed by atoms with E-state index in [1.165, 1.54) is 6.92 Å². The highest BCUT2D eigenvalue weighted by atomic mass is 16.5. The van der Waals surface area contributed by atoms with Crippen LogP contribution in [0.3, 0.4) is 0 Å². The quantitative estimate of drug-likeness (QED) is 0.766. The lowest BCUT2D eigenvalue weighted by molar-refractivity contribution is -0.142. The third-order valence-electron chi connectivity index (χ3n) is 2.60. The highest BCUT2D eigenvalue weighted by molar-refractivity contribution is 5.83. The Morgan fingerprint density at radius 1 is 1.41 bits per heavy atom. The molecule has 0 unspecified atom stereocenters. The number of benzene rings is 1. The van der Waals surface area contributed by atoms with E-state index in [0.29, 0.717) is 0 Å². The van der Waals surface area contributed by atoms with Gasteiger partial charge in [0.15, 0.2) is 0 Å². The molecule has 0 saturated carbocycles. The van der Waals surface area contributed by atoms with Gasteiger partial charge >= 0.3 is 5.97 Å². The molecule has 0 spiro atoms. The van der Waals surface area contributed by atoms with Crippen LogP contribution in [-0.2, 0) is 16.1 Å². The number of carbonyl (C=O) groups excluding carboxylic acids is 1. The summed E-state index contributed by atoms with van der Waals surface area (Å²) in [6, 6.07) is 3.80. The predicted octanol–water partition coefficient (Wildman–Crippen LogP) is 2.81. The van der Waals surface area contributed by atoms with Crippen molar-refractivity contribution in [2.45, 2.75) is 20.5 Å². The van der Waals surface area contributed by atoms with Crippen molar-refractivity contribution in [2.24, 2.45) is 0 Å². The molecular formula is C13H14O4. The Morgan fingerprint density at radius 3 is 2.82 bits per heavy atom. The number of hydrogen-bond donors (Lipinski definition) is 0. The van der Waals surface area contributed by atoms with Gasteiger partial charge in [0.1, 0.15) is 17.9 Å². The van der Waals surface area contributed by atoms with Gasteiger partial charge in [-0.3, -0.25) is 4.79 Å². The number of furan rings is 1. The van der Waals surface area contributed by atoms with E-state index in [4.69, 9.17) is 13.9 Å². The average Bonchev–Trinajstić information content (AvgIpc) is 2.67. The number of rotatable bonds is 3. The Morgan fingerprint density at radius 2 is 2.18 bits per heavy atom. The zero-order valence-electron chi connectivity index (χ0n) is 10.1. The maximum atomic E-state index is 10.8. The van der Waals surface area contributed by atoms with Crippen LogP contribution >= 0.6 is 0 Å². The molecule has 0 N–H and O–H groups in total. The van der Waals surface area contributed by atoms with E-state index in [1.54, 1.807) is 13.4 Å². The summed E-state index contributed by atoms with van der Waals surface area (Å²) in [7, 11) is 1.62. The van der Waals surface area contributed by atoms with Gasteiger partial charge in [-0.05, 0) is 24.6 Å². The zero-order valence-corrected chi connectivity index (χ0v) is 10.1. The minimum atomic E-state index is -0.307. The maximum absolute atomic E-state index is 10.8. The first-order chi connectivity index (χ1) is 8.11. The number of fused-ring (bicyclic) bond motifs is 1. The van der Waals surface area contributed by atoms with Crippen molar-refractivity contribution < 1.29 is 18.7 Å². The van der Waals surface area contributed by atoms with Gasteiger partial charge < -0.3 is 13.9 Å². The summed E-state index contributed by atoms with van der Waals surface area (Å²) < 4.78 is 15.6. The first-order valence-electron chi connectivity index (χ1n) is 5.30. The molecule has 0 amide bonds. The van der Waals surface area contributed by atoms with Gasteiger partial charge in [-0.2, -0.15) is 0 Å². The Bertz CT molecular complexity index is 554. The topological polar surface area (TPSA) is 48.7 Å². The molecule has 17 heavy (non-hydrogen) atoms. The van der Waals surface area contributed by atoms with E-state index < -0.39 is 0 Å². The van der Waals surface area contributed by atoms with Crippen molar-refractivity contribution in [2.75, 3.05) is 7.11 Å². The molecule has 0 aliphatic heterocycles. The highest BCUT2D eigenvalue weighted by Crippen LogP contribution is 2.29. The van der Waals surface area contributed by atoms with Gasteiger partial charge in [0, 0.05) is 17.9 Å². The van der Waals surface area contributed by atoms with E-state index in [9.17, 15) is 4.79 Å². The number of hydrogen-bond acceptors (Lipinski definition) is 4. The molecule has 1 aromatic carbocycles. The Balaban J connectivity index is 2.41. The molecule has 0 aliphatic rings. The smallest absolute Gasteiger partial charge is 0.302 e. The van der Waals surface area contributed by atoms with Gasteiger partial charge in [-0.1, -0.05) is 0 Å². The van der Waals surface area contributed by atoms with Crippen LogP contribution in [0.25, 0.3) is 11.0 Å². The van der Waals surface area contributed by atoms with Crippen LogP contribution in [0.15, 0.2) is 22.8 Å². The van der Waals surface area contributed by atoms with Crippen molar-refractivity contribution in [3.05, 3.63) is 29.5 Å². The van der Waals surface area contributed by atoms with Crippen LogP contribution in [0.5, 0.6) is 5.75 Å². The van der Waals surface area contributed by atoms with E-state index >= 15 is 0 Å². The number of methoxy groups -OCH3 is 1. The number of carbonyl (C=O) groups is 1. The van der Waals surface area contributed by atoms with E-state index in [1.807, 2.05) is 19.1 Å². The van der Waals surface area contributed by atoms with E-state index in [-0.39, 0.29) is 12.6 Å². The summed E-state index contributed by atoms with van der Waals surface area (Å²) in [5.74, 6) is 0.487. The minimum absolute atomic E-state index is 0.217. The second-order valence-corrected chi connectivity index (χ2v) is 3.86. The molecule has 0 saturated heterocycles. The van der Waals surface area contributed by atoms with Gasteiger partial charge in [-0.25, -0.2) is 0 Å². The molecule has 2 aromatic rings. The summed E-state index contributed by atoms with van der Waals surface area (Å²) >= 11 is 0. The Kier molecular flexibility index (Phi) is 3.04. The molecule has 0 aliphatic carbocycles. The van der Waals surface area contributed by atoms with Crippen LogP contribution in [0.4, 0.5) is 0 Å². The van der Waals surface area contributed by atoms with Crippen molar-refractivity contribution in [1.29, 1.82) is 0 Å². The molecular weight excluding hydrogens is 220 g/mol. The van der Waals surface area contributed by atoms with Crippen molar-refractivity contribution in [3.63, 3.8) is 0 Å². The summed E-state index contributed by atoms with van der Waals surface area (Å²) in [4.78, 5) is 10.8. The van der Waals surface area contributed by atoms with Crippen molar-refractivity contribution in [1.82, 2.24) is 0 Å². The Hall–Kier alpha value is -1.97. The lowest BCUT2D eigenvalue weighted by Gasteiger charge is -2.04. The highest BCUT2D eigenvalue weighted by Gasteiger charge is 2.10. The van der Waals surface area contributed by atoms with Crippen LogP contribution in [0.1, 0.15) is 18.1 Å². The first-order valence-corrected chi connectivity index (χ1v) is 5.30. The fraction of sp³-hybridized carbons (Fsp3) is 0.308. The first kappa shape index (κ1) is 11.5. The SMILES string of the molecule is COc1cc2c(COC(C)=O)coc2cc1C. The molecule has 90 valence electrons. The number of esters is 1. The minimum Gasteiger partial charge on any atom is -0.496 e. The standard InChI is InChI=1S/C13H14O4/c1-8-4-13-11(5-12(8)15-3)10(7-17-13)6-16-9(2)14/h4-5,7H,6H2,1-3H3. The molecule has 4 heteroatoms. The number of ether oxygens (including phenoxy) is 2. The van der Waals surface area contributed by atoms with Gasteiger partial charge in [0.25, 0.3) is 0 Å². The summed E-state index contributed by atoms with van der Waals surface area (Å²) in [5, 5.41) is 0.911. The van der Waals surface area contributed by atoms with Gasteiger partial charge in [-0.15, -0.1) is 0 Å². The lowest BCUT2D eigenvalue weighted by atomic mass is 10.1. The van der Waals surface area contributed by atoms with Crippen molar-refractivity contribution >= 4 is 16.9 Å². The van der Waals surface area contributed by atoms with E-state index in [2.05, 4.69) is 0 Å². The van der Waals surface area contributed by atoms with Crippen LogP contribution in [0.2, 0.25) is 0 Å². The predicted molar refractivity (Wildman–Crippen MR) is 63.0 cm³/mol. The van der Waals surface area contributed by atoms with Crippen LogP contribution in [0, 0.1) is 6.92 Å². The zero-order chi connectivity index (χ0) is 12.4. The normalized spacial score (nSPS) is 10.5. The van der Waals surface area contributed by atoms with Crippen LogP contribution < -0.4 is 4.74 Å². The fourth-order valence-corrected chi connectivity index (χ4v) is 1.72. The third-order valence-corrected chi connectivity index (χ3v) is 2.60. The largest absolute Gasteiger partial charge is 0.496 e. The molecule has 0 bridgehead atoms. The van der Waals surface area contributed by atoms with Gasteiger partial charge in [0.05, 0.1) is 13.4 Å². The molecule has 2 rings (SSSR count). The molecule has 0 atom stereocenters. The molecule has 1 heterocycles. The fourth-order valence-electron chi connectivity index (χ4n) is 1.72. The summed E-state index contributed by atoms with van der Waals surface area (Å²) in [6.07, 6.45) is 1.60. The lowest BCUT2D eigenvalue weighted by Crippen LogP contribution is -1.98. The molecule has 1 aromatic heterocycles. The summed E-state index contributed by atoms with van der Waals surface area (Å²) in [6.45, 7) is 3.55. The maximum Gasteiger partial charge on any atom is 0.302 e. The van der Waals surface area contributed by atoms with Gasteiger partial charge in [0.2, 0.25) is 0 Å². The summed E-state index contributed by atoms with van der Waals surface area (Å²) in [5.41, 5.74) is 2.62. The third kappa shape index (κ3) is 2.25. The van der Waals surface area contributed by atoms with Crippen LogP contribution in [-0.4, -0.2) is 13.1 Å². The Labute approximate surface area is 99.1 Å². The van der Waals surface area contributed by atoms with Crippen molar-refractivity contribution in [3.8, 4) is 5.75 Å². The molecule has 0 radical (unpaired) electrons. The monoisotopic (exact) mass is 234 g/mol.